The number of fused-ring (bicyclic) bond motifs is 9. The van der Waals surface area contributed by atoms with E-state index in [0.717, 1.165) is 99.1 Å². The van der Waals surface area contributed by atoms with E-state index < -0.39 is 0 Å². The SMILES string of the molecule is c1ccc(-c2nc(-c3ccccc3)nc(-n3c4ccccc4c4cc(-c5ccc6c7ccccc7n(-c7ncnc(-c8ccc9c(c8)c8ncccc8n9-c8ccccc8)n7)c6c5)ccc43)n2)cc1. The summed E-state index contributed by atoms with van der Waals surface area (Å²) < 4.78 is 6.56. The van der Waals surface area contributed by atoms with Crippen molar-refractivity contribution in [3.8, 4) is 62.9 Å². The van der Waals surface area contributed by atoms with E-state index in [2.05, 4.69) is 147 Å². The molecule has 0 unspecified atom stereocenters. The van der Waals surface area contributed by atoms with Gasteiger partial charge in [0, 0.05) is 55.5 Å². The molecule has 6 heterocycles. The molecule has 69 heavy (non-hydrogen) atoms. The number of hydrogen-bond acceptors (Lipinski definition) is 7. The van der Waals surface area contributed by atoms with Crippen LogP contribution in [0.4, 0.5) is 0 Å². The standard InChI is InChI=1S/C59H36N10/c1-4-15-37(16-5-1)56-63-57(38-17-6-2-7-18-38)66-59(65-56)68-49-24-13-11-22-44(49)46-33-39(27-30-50(46)68)40-26-29-45-43-21-10-12-23-48(43)69(53(45)35-40)58-62-36-61-55(64-58)41-28-31-51-47(34-41)54-52(25-14-32-60-54)67(51)42-19-8-3-9-20-42/h1-36H. The second-order valence-electron chi connectivity index (χ2n) is 17.1. The Bertz CT molecular complexity index is 4250. The van der Waals surface area contributed by atoms with Crippen LogP contribution in [0.3, 0.4) is 0 Å². The van der Waals surface area contributed by atoms with Gasteiger partial charge in [-0.2, -0.15) is 15.0 Å². The zero-order chi connectivity index (χ0) is 45.4. The van der Waals surface area contributed by atoms with Crippen LogP contribution >= 0.6 is 0 Å². The van der Waals surface area contributed by atoms with Gasteiger partial charge in [0.05, 0.1) is 38.6 Å². The van der Waals surface area contributed by atoms with Crippen molar-refractivity contribution in [3.63, 3.8) is 0 Å². The van der Waals surface area contributed by atoms with Crippen LogP contribution in [0, 0.1) is 0 Å². The molecule has 10 nitrogen and oxygen atoms in total. The first-order valence-electron chi connectivity index (χ1n) is 22.8. The summed E-state index contributed by atoms with van der Waals surface area (Å²) in [5, 5.41) is 5.44. The topological polar surface area (TPSA) is 105 Å². The number of pyridine rings is 1. The highest BCUT2D eigenvalue weighted by atomic mass is 15.2. The summed E-state index contributed by atoms with van der Waals surface area (Å²) in [6.45, 7) is 0. The third-order valence-electron chi connectivity index (χ3n) is 13.1. The van der Waals surface area contributed by atoms with E-state index in [-0.39, 0.29) is 0 Å². The molecule has 14 rings (SSSR count). The van der Waals surface area contributed by atoms with Crippen LogP contribution < -0.4 is 0 Å². The average Bonchev–Trinajstić information content (AvgIpc) is 4.06. The molecule has 0 spiro atoms. The van der Waals surface area contributed by atoms with Gasteiger partial charge in [0.25, 0.3) is 0 Å². The largest absolute Gasteiger partial charge is 0.308 e. The van der Waals surface area contributed by atoms with Crippen molar-refractivity contribution in [3.05, 3.63) is 219 Å². The van der Waals surface area contributed by atoms with Gasteiger partial charge in [0.1, 0.15) is 6.33 Å². The highest BCUT2D eigenvalue weighted by Crippen LogP contribution is 2.39. The number of aromatic nitrogens is 10. The minimum atomic E-state index is 0.536. The first-order chi connectivity index (χ1) is 34.2. The van der Waals surface area contributed by atoms with Gasteiger partial charge in [0.15, 0.2) is 17.5 Å². The highest BCUT2D eigenvalue weighted by molar-refractivity contribution is 6.12. The summed E-state index contributed by atoms with van der Waals surface area (Å²) in [5.74, 6) is 2.89. The molecular weight excluding hydrogens is 849 g/mol. The first kappa shape index (κ1) is 38.6. The Morgan fingerprint density at radius 3 is 1.52 bits per heavy atom. The molecule has 0 aliphatic carbocycles. The Morgan fingerprint density at radius 2 is 0.797 bits per heavy atom. The number of rotatable bonds is 7. The molecule has 0 N–H and O–H groups in total. The van der Waals surface area contributed by atoms with Gasteiger partial charge in [-0.1, -0.05) is 133 Å². The molecule has 10 heteroatoms. The molecule has 0 bridgehead atoms. The predicted molar refractivity (Wildman–Crippen MR) is 276 cm³/mol. The molecule has 0 fully saturated rings. The van der Waals surface area contributed by atoms with E-state index in [1.807, 2.05) is 79.0 Å². The molecule has 0 saturated heterocycles. The molecule has 322 valence electrons. The molecule has 0 aliphatic heterocycles. The normalized spacial score (nSPS) is 11.8. The molecule has 0 saturated carbocycles. The Labute approximate surface area is 394 Å². The van der Waals surface area contributed by atoms with Crippen LogP contribution in [0.1, 0.15) is 0 Å². The maximum absolute atomic E-state index is 5.19. The Kier molecular flexibility index (Phi) is 8.65. The lowest BCUT2D eigenvalue weighted by Gasteiger charge is -2.11. The van der Waals surface area contributed by atoms with E-state index in [1.165, 1.54) is 0 Å². The molecule has 0 atom stereocenters. The summed E-state index contributed by atoms with van der Waals surface area (Å²) in [6.07, 6.45) is 3.46. The zero-order valence-corrected chi connectivity index (χ0v) is 36.8. The smallest absolute Gasteiger partial charge is 0.238 e. The fourth-order valence-corrected chi connectivity index (χ4v) is 9.99. The summed E-state index contributed by atoms with van der Waals surface area (Å²) in [5.41, 5.74) is 13.0. The Morgan fingerprint density at radius 1 is 0.275 bits per heavy atom. The van der Waals surface area contributed by atoms with Gasteiger partial charge >= 0.3 is 0 Å². The predicted octanol–water partition coefficient (Wildman–Crippen LogP) is 13.4. The molecule has 6 aromatic heterocycles. The lowest BCUT2D eigenvalue weighted by Crippen LogP contribution is -2.06. The van der Waals surface area contributed by atoms with Gasteiger partial charge in [-0.15, -0.1) is 0 Å². The van der Waals surface area contributed by atoms with E-state index in [4.69, 9.17) is 34.9 Å². The van der Waals surface area contributed by atoms with E-state index in [0.29, 0.717) is 29.4 Å². The molecular formula is C59H36N10. The zero-order valence-electron chi connectivity index (χ0n) is 36.8. The molecule has 0 radical (unpaired) electrons. The van der Waals surface area contributed by atoms with Crippen molar-refractivity contribution in [2.24, 2.45) is 0 Å². The van der Waals surface area contributed by atoms with Crippen molar-refractivity contribution in [1.82, 2.24) is 48.6 Å². The van der Waals surface area contributed by atoms with E-state index in [9.17, 15) is 0 Å². The summed E-state index contributed by atoms with van der Waals surface area (Å²) in [7, 11) is 0. The third kappa shape index (κ3) is 6.23. The number of nitrogens with zero attached hydrogens (tertiary/aromatic N) is 10. The van der Waals surface area contributed by atoms with Gasteiger partial charge in [-0.25, -0.2) is 15.0 Å². The van der Waals surface area contributed by atoms with Gasteiger partial charge < -0.3 is 4.57 Å². The molecule has 14 aromatic rings. The maximum Gasteiger partial charge on any atom is 0.238 e. The minimum Gasteiger partial charge on any atom is -0.308 e. The van der Waals surface area contributed by atoms with E-state index in [1.54, 1.807) is 6.33 Å². The van der Waals surface area contributed by atoms with Crippen LogP contribution in [-0.2, 0) is 0 Å². The van der Waals surface area contributed by atoms with Crippen LogP contribution in [0.25, 0.3) is 128 Å². The van der Waals surface area contributed by atoms with Crippen molar-refractivity contribution in [2.75, 3.05) is 0 Å². The van der Waals surface area contributed by atoms with Crippen molar-refractivity contribution in [2.45, 2.75) is 0 Å². The lowest BCUT2D eigenvalue weighted by molar-refractivity contribution is 0.947. The number of para-hydroxylation sites is 3. The Balaban J connectivity index is 0.904. The minimum absolute atomic E-state index is 0.536. The fraction of sp³-hybridized carbons (Fsp3) is 0. The number of benzene rings is 8. The van der Waals surface area contributed by atoms with Gasteiger partial charge in [-0.3, -0.25) is 14.1 Å². The highest BCUT2D eigenvalue weighted by Gasteiger charge is 2.21. The van der Waals surface area contributed by atoms with Crippen molar-refractivity contribution < 1.29 is 0 Å². The fourth-order valence-electron chi connectivity index (χ4n) is 9.99. The quantitative estimate of drug-likeness (QED) is 0.157. The second-order valence-corrected chi connectivity index (χ2v) is 17.1. The summed E-state index contributed by atoms with van der Waals surface area (Å²) >= 11 is 0. The average molecular weight is 885 g/mol. The van der Waals surface area contributed by atoms with Crippen molar-refractivity contribution in [1.29, 1.82) is 0 Å². The van der Waals surface area contributed by atoms with Crippen LogP contribution in [0.15, 0.2) is 219 Å². The number of hydrogen-bond donors (Lipinski definition) is 0. The van der Waals surface area contributed by atoms with Crippen LogP contribution in [-0.4, -0.2) is 48.6 Å². The molecule has 0 amide bonds. The monoisotopic (exact) mass is 884 g/mol. The van der Waals surface area contributed by atoms with Crippen LogP contribution in [0.2, 0.25) is 0 Å². The lowest BCUT2D eigenvalue weighted by atomic mass is 10.0. The maximum atomic E-state index is 5.19. The summed E-state index contributed by atoms with van der Waals surface area (Å²) in [6, 6.07) is 71.2. The molecule has 0 aliphatic rings. The van der Waals surface area contributed by atoms with Gasteiger partial charge in [-0.05, 0) is 83.9 Å². The molecule has 8 aromatic carbocycles. The van der Waals surface area contributed by atoms with Gasteiger partial charge in [0.2, 0.25) is 11.9 Å². The van der Waals surface area contributed by atoms with E-state index >= 15 is 0 Å². The van der Waals surface area contributed by atoms with Crippen molar-refractivity contribution >= 4 is 65.5 Å². The first-order valence-corrected chi connectivity index (χ1v) is 22.8. The Hall–Kier alpha value is -9.67. The third-order valence-corrected chi connectivity index (χ3v) is 13.1. The summed E-state index contributed by atoms with van der Waals surface area (Å²) in [4.78, 5) is 34.8. The van der Waals surface area contributed by atoms with Crippen LogP contribution in [0.5, 0.6) is 0 Å². The second kappa shape index (κ2) is 15.5.